The molecular weight excluding hydrogens is 306 g/mol. The summed E-state index contributed by atoms with van der Waals surface area (Å²) in [4.78, 5) is 0. The van der Waals surface area contributed by atoms with Gasteiger partial charge in [-0.15, -0.1) is 0 Å². The van der Waals surface area contributed by atoms with E-state index in [0.29, 0.717) is 5.11 Å². The highest BCUT2D eigenvalue weighted by Crippen LogP contribution is 2.12. The highest BCUT2D eigenvalue weighted by molar-refractivity contribution is 7.80. The fraction of sp³-hybridized carbons (Fsp3) is 0.467. The molecule has 0 aliphatic carbocycles. The first-order valence-electron chi connectivity index (χ1n) is 7.17. The molecule has 1 aromatic carbocycles. The molecule has 4 nitrogen and oxygen atoms in total. The maximum atomic E-state index is 5.89. The van der Waals surface area contributed by atoms with Crippen molar-refractivity contribution in [2.45, 2.75) is 32.3 Å². The number of hydrogen-bond donors (Lipinski definition) is 2. The number of benzene rings is 1. The van der Waals surface area contributed by atoms with Gasteiger partial charge >= 0.3 is 0 Å². The largest absolute Gasteiger partial charge is 0.376 e. The van der Waals surface area contributed by atoms with Gasteiger partial charge in [-0.1, -0.05) is 30.7 Å². The lowest BCUT2D eigenvalue weighted by molar-refractivity contribution is 0.114. The first kappa shape index (κ1) is 16.2. The predicted molar refractivity (Wildman–Crippen MR) is 91.0 cm³/mol. The average Bonchev–Trinajstić information content (AvgIpc) is 3.01. The Bertz CT molecular complexity index is 498. The molecular formula is C15H20ClN3OS. The molecule has 0 aromatic heterocycles. The zero-order valence-corrected chi connectivity index (χ0v) is 13.6. The van der Waals surface area contributed by atoms with E-state index >= 15 is 0 Å². The number of nitrogens with one attached hydrogen (secondary N) is 2. The van der Waals surface area contributed by atoms with Crippen molar-refractivity contribution < 1.29 is 4.74 Å². The first-order valence-corrected chi connectivity index (χ1v) is 7.95. The summed E-state index contributed by atoms with van der Waals surface area (Å²) < 4.78 is 5.53. The third-order valence-corrected chi connectivity index (χ3v) is 3.81. The van der Waals surface area contributed by atoms with Gasteiger partial charge in [-0.25, -0.2) is 0 Å². The Labute approximate surface area is 135 Å². The summed E-state index contributed by atoms with van der Waals surface area (Å²) >= 11 is 11.1. The second-order valence-electron chi connectivity index (χ2n) is 4.88. The molecule has 1 heterocycles. The number of ether oxygens (including phenoxy) is 1. The summed E-state index contributed by atoms with van der Waals surface area (Å²) in [5.41, 5.74) is 4.87. The van der Waals surface area contributed by atoms with Crippen LogP contribution in [0.3, 0.4) is 0 Å². The molecule has 0 bridgehead atoms. The van der Waals surface area contributed by atoms with E-state index in [4.69, 9.17) is 28.6 Å². The van der Waals surface area contributed by atoms with E-state index in [1.807, 2.05) is 24.3 Å². The van der Waals surface area contributed by atoms with Gasteiger partial charge < -0.3 is 10.1 Å². The Morgan fingerprint density at radius 1 is 1.43 bits per heavy atom. The Kier molecular flexibility index (Phi) is 6.42. The van der Waals surface area contributed by atoms with E-state index in [-0.39, 0.29) is 6.10 Å². The molecule has 0 unspecified atom stereocenters. The second kappa shape index (κ2) is 8.32. The number of hydrazone groups is 1. The molecule has 1 fully saturated rings. The highest BCUT2D eigenvalue weighted by atomic mass is 35.5. The van der Waals surface area contributed by atoms with E-state index < -0.39 is 0 Å². The van der Waals surface area contributed by atoms with E-state index in [1.165, 1.54) is 0 Å². The molecule has 2 rings (SSSR count). The summed E-state index contributed by atoms with van der Waals surface area (Å²) in [6.45, 7) is 3.63. The van der Waals surface area contributed by atoms with Crippen LogP contribution in [0.5, 0.6) is 0 Å². The van der Waals surface area contributed by atoms with Crippen LogP contribution in [0.25, 0.3) is 0 Å². The van der Waals surface area contributed by atoms with Crippen LogP contribution in [0.1, 0.15) is 31.7 Å². The van der Waals surface area contributed by atoms with E-state index in [2.05, 4.69) is 22.8 Å². The molecule has 0 saturated carbocycles. The SMILES string of the molecule is CC/C(=N/NC(=S)NC[C@@H]1CCCO1)c1ccc(Cl)cc1. The van der Waals surface area contributed by atoms with E-state index in [9.17, 15) is 0 Å². The third-order valence-electron chi connectivity index (χ3n) is 3.32. The molecule has 1 atom stereocenters. The van der Waals surface area contributed by atoms with Crippen molar-refractivity contribution in [2.75, 3.05) is 13.2 Å². The average molecular weight is 326 g/mol. The Morgan fingerprint density at radius 2 is 2.19 bits per heavy atom. The van der Waals surface area contributed by atoms with Crippen LogP contribution >= 0.6 is 23.8 Å². The third kappa shape index (κ3) is 5.26. The molecule has 0 radical (unpaired) electrons. The van der Waals surface area contributed by atoms with Crippen molar-refractivity contribution in [1.29, 1.82) is 0 Å². The van der Waals surface area contributed by atoms with Gasteiger partial charge in [0.2, 0.25) is 0 Å². The van der Waals surface area contributed by atoms with Crippen molar-refractivity contribution >= 4 is 34.6 Å². The monoisotopic (exact) mass is 325 g/mol. The van der Waals surface area contributed by atoms with Gasteiger partial charge in [0.25, 0.3) is 0 Å². The highest BCUT2D eigenvalue weighted by Gasteiger charge is 2.15. The lowest BCUT2D eigenvalue weighted by Crippen LogP contribution is -2.37. The van der Waals surface area contributed by atoms with Gasteiger partial charge in [0.05, 0.1) is 11.8 Å². The molecule has 21 heavy (non-hydrogen) atoms. The molecule has 2 N–H and O–H groups in total. The van der Waals surface area contributed by atoms with Crippen LogP contribution < -0.4 is 10.7 Å². The van der Waals surface area contributed by atoms with Crippen LogP contribution in [0.2, 0.25) is 5.02 Å². The zero-order valence-electron chi connectivity index (χ0n) is 12.1. The number of thiocarbonyl (C=S) groups is 1. The van der Waals surface area contributed by atoms with Gasteiger partial charge in [-0.3, -0.25) is 5.43 Å². The fourth-order valence-corrected chi connectivity index (χ4v) is 2.41. The lowest BCUT2D eigenvalue weighted by Gasteiger charge is -2.12. The summed E-state index contributed by atoms with van der Waals surface area (Å²) in [6, 6.07) is 7.62. The number of hydrogen-bond acceptors (Lipinski definition) is 3. The van der Waals surface area contributed by atoms with Crippen molar-refractivity contribution in [3.8, 4) is 0 Å². The molecule has 1 aromatic rings. The Morgan fingerprint density at radius 3 is 2.81 bits per heavy atom. The number of nitrogens with zero attached hydrogens (tertiary/aromatic N) is 1. The smallest absolute Gasteiger partial charge is 0.187 e. The quantitative estimate of drug-likeness (QED) is 0.496. The Hall–Kier alpha value is -1.17. The molecule has 0 spiro atoms. The molecule has 1 aliphatic rings. The van der Waals surface area contributed by atoms with Crippen LogP contribution in [0.15, 0.2) is 29.4 Å². The van der Waals surface area contributed by atoms with Crippen LogP contribution in [0.4, 0.5) is 0 Å². The van der Waals surface area contributed by atoms with Crippen molar-refractivity contribution in [2.24, 2.45) is 5.10 Å². The van der Waals surface area contributed by atoms with Gasteiger partial charge in [-0.05, 0) is 49.2 Å². The minimum Gasteiger partial charge on any atom is -0.376 e. The van der Waals surface area contributed by atoms with Crippen LogP contribution in [-0.4, -0.2) is 30.1 Å². The van der Waals surface area contributed by atoms with Crippen molar-refractivity contribution in [1.82, 2.24) is 10.7 Å². The van der Waals surface area contributed by atoms with Gasteiger partial charge in [0.1, 0.15) is 0 Å². The summed E-state index contributed by atoms with van der Waals surface area (Å²) in [5.74, 6) is 0. The van der Waals surface area contributed by atoms with Gasteiger partial charge in [-0.2, -0.15) is 5.10 Å². The van der Waals surface area contributed by atoms with E-state index in [0.717, 1.165) is 48.7 Å². The summed E-state index contributed by atoms with van der Waals surface area (Å²) in [7, 11) is 0. The van der Waals surface area contributed by atoms with E-state index in [1.54, 1.807) is 0 Å². The maximum absolute atomic E-state index is 5.89. The maximum Gasteiger partial charge on any atom is 0.187 e. The normalized spacial score (nSPS) is 18.6. The number of halogens is 1. The van der Waals surface area contributed by atoms with Gasteiger partial charge in [0, 0.05) is 18.2 Å². The minimum absolute atomic E-state index is 0.260. The topological polar surface area (TPSA) is 45.7 Å². The summed E-state index contributed by atoms with van der Waals surface area (Å²) in [6.07, 6.45) is 3.28. The minimum atomic E-state index is 0.260. The summed E-state index contributed by atoms with van der Waals surface area (Å²) in [5, 5.41) is 8.74. The molecule has 1 aliphatic heterocycles. The standard InChI is InChI=1S/C15H20ClN3OS/c1-2-14(11-5-7-12(16)8-6-11)18-19-15(21)17-10-13-4-3-9-20-13/h5-8,13H,2-4,9-10H2,1H3,(H2,17,19,21)/b18-14-/t13-/m0/s1. The molecule has 6 heteroatoms. The van der Waals surface area contributed by atoms with Crippen LogP contribution in [0, 0.1) is 0 Å². The Balaban J connectivity index is 1.84. The van der Waals surface area contributed by atoms with Crippen molar-refractivity contribution in [3.63, 3.8) is 0 Å². The van der Waals surface area contributed by atoms with Crippen molar-refractivity contribution in [3.05, 3.63) is 34.9 Å². The zero-order chi connectivity index (χ0) is 15.1. The van der Waals surface area contributed by atoms with Crippen LogP contribution in [-0.2, 0) is 4.74 Å². The number of rotatable bonds is 5. The molecule has 0 amide bonds. The first-order chi connectivity index (χ1) is 10.2. The fourth-order valence-electron chi connectivity index (χ4n) is 2.16. The van der Waals surface area contributed by atoms with Gasteiger partial charge in [0.15, 0.2) is 5.11 Å². The lowest BCUT2D eigenvalue weighted by atomic mass is 10.1. The second-order valence-corrected chi connectivity index (χ2v) is 5.72. The molecule has 1 saturated heterocycles. The molecule has 114 valence electrons. The predicted octanol–water partition coefficient (Wildman–Crippen LogP) is 3.10.